The van der Waals surface area contributed by atoms with E-state index in [0.29, 0.717) is 6.54 Å². The van der Waals surface area contributed by atoms with Gasteiger partial charge >= 0.3 is 0 Å². The van der Waals surface area contributed by atoms with Gasteiger partial charge in [0.2, 0.25) is 5.91 Å². The van der Waals surface area contributed by atoms with E-state index in [1.54, 1.807) is 17.1 Å². The normalized spacial score (nSPS) is 21.4. The molecule has 1 aliphatic heterocycles. The van der Waals surface area contributed by atoms with Crippen molar-refractivity contribution < 1.29 is 9.53 Å². The second kappa shape index (κ2) is 5.64. The molecule has 94 valence electrons. The van der Waals surface area contributed by atoms with Gasteiger partial charge in [-0.2, -0.15) is 5.10 Å². The Labute approximate surface area is 109 Å². The van der Waals surface area contributed by atoms with Crippen LogP contribution in [0.5, 0.6) is 0 Å². The second-order valence-electron chi connectivity index (χ2n) is 4.19. The Hall–Kier alpha value is -0.880. The van der Waals surface area contributed by atoms with E-state index in [1.807, 2.05) is 6.92 Å². The van der Waals surface area contributed by atoms with Crippen LogP contribution in [0.15, 0.2) is 16.9 Å². The molecule has 0 saturated carbocycles. The van der Waals surface area contributed by atoms with Crippen molar-refractivity contribution in [1.82, 2.24) is 15.1 Å². The molecular weight excluding hydrogens is 286 g/mol. The van der Waals surface area contributed by atoms with E-state index in [2.05, 4.69) is 26.3 Å². The number of carbonyl (C=O) groups excluding carboxylic acids is 1. The minimum atomic E-state index is -0.303. The fourth-order valence-corrected chi connectivity index (χ4v) is 2.12. The van der Waals surface area contributed by atoms with Crippen molar-refractivity contribution in [3.05, 3.63) is 16.9 Å². The third-order valence-electron chi connectivity index (χ3n) is 2.87. The third-order valence-corrected chi connectivity index (χ3v) is 3.28. The Bertz CT molecular complexity index is 388. The summed E-state index contributed by atoms with van der Waals surface area (Å²) >= 11 is 3.31. The Kier molecular flexibility index (Phi) is 4.17. The van der Waals surface area contributed by atoms with Crippen LogP contribution in [0, 0.1) is 0 Å². The average molecular weight is 302 g/mol. The molecule has 1 saturated heterocycles. The zero-order chi connectivity index (χ0) is 12.3. The Morgan fingerprint density at radius 3 is 3.24 bits per heavy atom. The molecule has 0 bridgehead atoms. The quantitative estimate of drug-likeness (QED) is 0.917. The standard InChI is InChI=1S/C11H16BrN3O2/c1-8(15-7-9(12)5-14-15)11(16)13-6-10-3-2-4-17-10/h5,7-8,10H,2-4,6H2,1H3,(H,13,16)/t8-,10-/m1/s1. The van der Waals surface area contributed by atoms with Gasteiger partial charge in [0.15, 0.2) is 0 Å². The summed E-state index contributed by atoms with van der Waals surface area (Å²) in [5.74, 6) is -0.0314. The van der Waals surface area contributed by atoms with Crippen LogP contribution in [-0.4, -0.2) is 34.9 Å². The number of halogens is 1. The van der Waals surface area contributed by atoms with Gasteiger partial charge in [-0.25, -0.2) is 0 Å². The van der Waals surface area contributed by atoms with Gasteiger partial charge < -0.3 is 10.1 Å². The summed E-state index contributed by atoms with van der Waals surface area (Å²) in [4.78, 5) is 11.9. The molecule has 1 aromatic rings. The zero-order valence-corrected chi connectivity index (χ0v) is 11.3. The van der Waals surface area contributed by atoms with Crippen molar-refractivity contribution >= 4 is 21.8 Å². The Morgan fingerprint density at radius 2 is 2.65 bits per heavy atom. The van der Waals surface area contributed by atoms with Gasteiger partial charge in [-0.3, -0.25) is 9.48 Å². The van der Waals surface area contributed by atoms with Crippen molar-refractivity contribution in [3.63, 3.8) is 0 Å². The van der Waals surface area contributed by atoms with Crippen LogP contribution >= 0.6 is 15.9 Å². The lowest BCUT2D eigenvalue weighted by Crippen LogP contribution is -2.36. The minimum Gasteiger partial charge on any atom is -0.376 e. The first-order chi connectivity index (χ1) is 8.16. The van der Waals surface area contributed by atoms with E-state index < -0.39 is 0 Å². The number of carbonyl (C=O) groups is 1. The van der Waals surface area contributed by atoms with E-state index in [0.717, 1.165) is 23.9 Å². The molecule has 0 radical (unpaired) electrons. The van der Waals surface area contributed by atoms with E-state index in [1.165, 1.54) is 0 Å². The largest absolute Gasteiger partial charge is 0.376 e. The highest BCUT2D eigenvalue weighted by Gasteiger charge is 2.19. The van der Waals surface area contributed by atoms with Gasteiger partial charge in [-0.1, -0.05) is 0 Å². The Balaban J connectivity index is 1.82. The maximum absolute atomic E-state index is 11.9. The summed E-state index contributed by atoms with van der Waals surface area (Å²) in [6.07, 6.45) is 5.75. The van der Waals surface area contributed by atoms with Crippen LogP contribution in [0.4, 0.5) is 0 Å². The molecule has 1 N–H and O–H groups in total. The van der Waals surface area contributed by atoms with E-state index in [4.69, 9.17) is 4.74 Å². The number of ether oxygens (including phenoxy) is 1. The number of hydrogen-bond acceptors (Lipinski definition) is 3. The summed E-state index contributed by atoms with van der Waals surface area (Å²) in [7, 11) is 0. The molecule has 17 heavy (non-hydrogen) atoms. The van der Waals surface area contributed by atoms with Crippen molar-refractivity contribution in [2.45, 2.75) is 31.9 Å². The van der Waals surface area contributed by atoms with Gasteiger partial charge in [0.1, 0.15) is 6.04 Å². The van der Waals surface area contributed by atoms with Gasteiger partial charge in [0, 0.05) is 19.3 Å². The highest BCUT2D eigenvalue weighted by atomic mass is 79.9. The fraction of sp³-hybridized carbons (Fsp3) is 0.636. The van der Waals surface area contributed by atoms with Crippen molar-refractivity contribution in [3.8, 4) is 0 Å². The average Bonchev–Trinajstić information content (AvgIpc) is 2.95. The first-order valence-corrected chi connectivity index (χ1v) is 6.55. The molecule has 6 heteroatoms. The van der Waals surface area contributed by atoms with Crippen LogP contribution in [-0.2, 0) is 9.53 Å². The summed E-state index contributed by atoms with van der Waals surface area (Å²) in [5, 5.41) is 6.99. The number of hydrogen-bond donors (Lipinski definition) is 1. The van der Waals surface area contributed by atoms with Crippen LogP contribution in [0.2, 0.25) is 0 Å². The highest BCUT2D eigenvalue weighted by Crippen LogP contribution is 2.13. The summed E-state index contributed by atoms with van der Waals surface area (Å²) in [6, 6.07) is -0.303. The summed E-state index contributed by atoms with van der Waals surface area (Å²) in [5.41, 5.74) is 0. The maximum atomic E-state index is 11.9. The van der Waals surface area contributed by atoms with Gasteiger partial charge in [0.25, 0.3) is 0 Å². The Morgan fingerprint density at radius 1 is 1.82 bits per heavy atom. The van der Waals surface area contributed by atoms with Crippen molar-refractivity contribution in [2.24, 2.45) is 0 Å². The molecule has 1 aliphatic rings. The van der Waals surface area contributed by atoms with Crippen LogP contribution in [0.3, 0.4) is 0 Å². The lowest BCUT2D eigenvalue weighted by molar-refractivity contribution is -0.124. The third kappa shape index (κ3) is 3.29. The number of nitrogens with one attached hydrogen (secondary N) is 1. The summed E-state index contributed by atoms with van der Waals surface area (Å²) in [6.45, 7) is 3.22. The molecule has 0 aliphatic carbocycles. The molecule has 2 atom stereocenters. The minimum absolute atomic E-state index is 0.0314. The van der Waals surface area contributed by atoms with Gasteiger partial charge in [0.05, 0.1) is 16.8 Å². The number of aromatic nitrogens is 2. The predicted octanol–water partition coefficient (Wildman–Crippen LogP) is 1.50. The summed E-state index contributed by atoms with van der Waals surface area (Å²) < 4.78 is 7.95. The molecule has 1 amide bonds. The van der Waals surface area contributed by atoms with Gasteiger partial charge in [-0.15, -0.1) is 0 Å². The van der Waals surface area contributed by atoms with Crippen LogP contribution < -0.4 is 5.32 Å². The first kappa shape index (κ1) is 12.6. The number of nitrogens with zero attached hydrogens (tertiary/aromatic N) is 2. The van der Waals surface area contributed by atoms with E-state index in [9.17, 15) is 4.79 Å². The molecule has 2 heterocycles. The van der Waals surface area contributed by atoms with Crippen LogP contribution in [0.1, 0.15) is 25.8 Å². The molecule has 1 fully saturated rings. The maximum Gasteiger partial charge on any atom is 0.244 e. The lowest BCUT2D eigenvalue weighted by atomic mass is 10.2. The fourth-order valence-electron chi connectivity index (χ4n) is 1.81. The molecule has 1 aromatic heterocycles. The second-order valence-corrected chi connectivity index (χ2v) is 5.11. The SMILES string of the molecule is C[C@H](C(=O)NC[C@H]1CCCO1)n1cc(Br)cn1. The first-order valence-electron chi connectivity index (χ1n) is 5.76. The molecule has 2 rings (SSSR count). The highest BCUT2D eigenvalue weighted by molar-refractivity contribution is 9.10. The smallest absolute Gasteiger partial charge is 0.244 e. The predicted molar refractivity (Wildman–Crippen MR) is 66.6 cm³/mol. The molecule has 0 spiro atoms. The lowest BCUT2D eigenvalue weighted by Gasteiger charge is -2.15. The topological polar surface area (TPSA) is 56.1 Å². The van der Waals surface area contributed by atoms with Gasteiger partial charge in [-0.05, 0) is 35.7 Å². The molecule has 0 aromatic carbocycles. The number of amides is 1. The molecule has 5 nitrogen and oxygen atoms in total. The number of rotatable bonds is 4. The van der Waals surface area contributed by atoms with E-state index in [-0.39, 0.29) is 18.1 Å². The monoisotopic (exact) mass is 301 g/mol. The van der Waals surface area contributed by atoms with Crippen molar-refractivity contribution in [2.75, 3.05) is 13.2 Å². The van der Waals surface area contributed by atoms with E-state index >= 15 is 0 Å². The van der Waals surface area contributed by atoms with Crippen molar-refractivity contribution in [1.29, 1.82) is 0 Å². The zero-order valence-electron chi connectivity index (χ0n) is 9.73. The molecule has 0 unspecified atom stereocenters. The molecular formula is C11H16BrN3O2. The van der Waals surface area contributed by atoms with Crippen LogP contribution in [0.25, 0.3) is 0 Å².